The lowest BCUT2D eigenvalue weighted by Crippen LogP contribution is -1.85. The Morgan fingerprint density at radius 2 is 2.35 bits per heavy atom. The lowest BCUT2D eigenvalue weighted by Gasteiger charge is -1.92. The molecule has 0 amide bonds. The monoisotopic (exact) mass is 230 g/mol. The number of aromatic amines is 1. The van der Waals surface area contributed by atoms with Crippen molar-refractivity contribution in [3.05, 3.63) is 35.7 Å². The van der Waals surface area contributed by atoms with Crippen molar-refractivity contribution >= 4 is 23.1 Å². The second kappa shape index (κ2) is 4.82. The van der Waals surface area contributed by atoms with Crippen LogP contribution in [-0.4, -0.2) is 21.0 Å². The molecule has 0 atom stereocenters. The summed E-state index contributed by atoms with van der Waals surface area (Å²) < 4.78 is 0. The molecule has 1 aromatic heterocycles. The molecule has 2 N–H and O–H groups in total. The average molecular weight is 230 g/mol. The summed E-state index contributed by atoms with van der Waals surface area (Å²) in [6.07, 6.45) is 4.67. The summed E-state index contributed by atoms with van der Waals surface area (Å²) in [5, 5.41) is 8.56. The highest BCUT2D eigenvalue weighted by atomic mass is 16.4. The molecule has 1 heterocycles. The normalized spacial score (nSPS) is 11.4. The number of hydrogen-bond donors (Lipinski definition) is 2. The highest BCUT2D eigenvalue weighted by Crippen LogP contribution is 2.15. The van der Waals surface area contributed by atoms with Gasteiger partial charge in [-0.25, -0.2) is 9.78 Å². The number of benzene rings is 1. The third-order valence-electron chi connectivity index (χ3n) is 2.46. The molecule has 88 valence electrons. The summed E-state index contributed by atoms with van der Waals surface area (Å²) >= 11 is 0. The van der Waals surface area contributed by atoms with Gasteiger partial charge in [0.1, 0.15) is 5.82 Å². The van der Waals surface area contributed by atoms with Crippen molar-refractivity contribution in [2.45, 2.75) is 19.8 Å². The van der Waals surface area contributed by atoms with Crippen LogP contribution in [0.3, 0.4) is 0 Å². The van der Waals surface area contributed by atoms with Crippen molar-refractivity contribution in [3.63, 3.8) is 0 Å². The molecule has 0 spiro atoms. The molecular weight excluding hydrogens is 216 g/mol. The molecule has 0 saturated heterocycles. The number of carboxylic acid groups (broad SMARTS) is 1. The Morgan fingerprint density at radius 3 is 3.06 bits per heavy atom. The molecule has 0 bridgehead atoms. The van der Waals surface area contributed by atoms with E-state index in [2.05, 4.69) is 16.9 Å². The maximum Gasteiger partial charge on any atom is 0.328 e. The third kappa shape index (κ3) is 2.72. The van der Waals surface area contributed by atoms with Crippen molar-refractivity contribution in [3.8, 4) is 0 Å². The zero-order valence-corrected chi connectivity index (χ0v) is 9.60. The van der Waals surface area contributed by atoms with Gasteiger partial charge < -0.3 is 10.1 Å². The summed E-state index contributed by atoms with van der Waals surface area (Å²) in [6.45, 7) is 2.11. The standard InChI is InChI=1S/C13H14N2O2/c1-2-3-12-14-10-6-4-9(5-7-13(16)17)8-11(10)15-12/h4-8H,2-3H2,1H3,(H,14,15)(H,16,17)/b7-5+. The van der Waals surface area contributed by atoms with Crippen molar-refractivity contribution < 1.29 is 9.90 Å². The van der Waals surface area contributed by atoms with Crippen LogP contribution in [0, 0.1) is 0 Å². The Hall–Kier alpha value is -2.10. The molecular formula is C13H14N2O2. The first-order chi connectivity index (χ1) is 8.19. The van der Waals surface area contributed by atoms with Gasteiger partial charge in [-0.05, 0) is 30.2 Å². The summed E-state index contributed by atoms with van der Waals surface area (Å²) in [5.74, 6) is 0.0308. The highest BCUT2D eigenvalue weighted by molar-refractivity contribution is 5.86. The van der Waals surface area contributed by atoms with E-state index in [4.69, 9.17) is 5.11 Å². The van der Waals surface area contributed by atoms with Crippen LogP contribution in [-0.2, 0) is 11.2 Å². The van der Waals surface area contributed by atoms with E-state index in [1.807, 2.05) is 18.2 Å². The lowest BCUT2D eigenvalue weighted by atomic mass is 10.2. The molecule has 0 aliphatic heterocycles. The molecule has 4 heteroatoms. The Kier molecular flexibility index (Phi) is 3.23. The summed E-state index contributed by atoms with van der Waals surface area (Å²) in [4.78, 5) is 18.1. The van der Waals surface area contributed by atoms with Gasteiger partial charge in [-0.1, -0.05) is 13.0 Å². The molecule has 2 aromatic rings. The first kappa shape index (κ1) is 11.4. The quantitative estimate of drug-likeness (QED) is 0.793. The van der Waals surface area contributed by atoms with Crippen LogP contribution in [0.25, 0.3) is 17.1 Å². The maximum absolute atomic E-state index is 10.4. The van der Waals surface area contributed by atoms with Crippen molar-refractivity contribution in [1.82, 2.24) is 9.97 Å². The number of imidazole rings is 1. The molecule has 17 heavy (non-hydrogen) atoms. The first-order valence-electron chi connectivity index (χ1n) is 5.58. The first-order valence-corrected chi connectivity index (χ1v) is 5.58. The number of hydrogen-bond acceptors (Lipinski definition) is 2. The number of carboxylic acids is 1. The van der Waals surface area contributed by atoms with Gasteiger partial charge in [0.25, 0.3) is 0 Å². The number of aliphatic carboxylic acids is 1. The minimum atomic E-state index is -0.943. The zero-order valence-electron chi connectivity index (χ0n) is 9.60. The van der Waals surface area contributed by atoms with Crippen LogP contribution in [0.5, 0.6) is 0 Å². The van der Waals surface area contributed by atoms with E-state index in [0.29, 0.717) is 0 Å². The van der Waals surface area contributed by atoms with E-state index in [-0.39, 0.29) is 0 Å². The van der Waals surface area contributed by atoms with Crippen LogP contribution in [0.2, 0.25) is 0 Å². The molecule has 2 rings (SSSR count). The van der Waals surface area contributed by atoms with E-state index in [9.17, 15) is 4.79 Å². The molecule has 0 radical (unpaired) electrons. The van der Waals surface area contributed by atoms with Gasteiger partial charge in [-0.15, -0.1) is 0 Å². The van der Waals surface area contributed by atoms with E-state index in [1.165, 1.54) is 0 Å². The van der Waals surface area contributed by atoms with Crippen LogP contribution in [0.4, 0.5) is 0 Å². The predicted molar refractivity (Wildman–Crippen MR) is 66.8 cm³/mol. The van der Waals surface area contributed by atoms with Crippen molar-refractivity contribution in [2.24, 2.45) is 0 Å². The average Bonchev–Trinajstić information content (AvgIpc) is 2.68. The van der Waals surface area contributed by atoms with Gasteiger partial charge in [-0.3, -0.25) is 0 Å². The fourth-order valence-corrected chi connectivity index (χ4v) is 1.71. The maximum atomic E-state index is 10.4. The van der Waals surface area contributed by atoms with E-state index < -0.39 is 5.97 Å². The smallest absolute Gasteiger partial charge is 0.328 e. The summed E-state index contributed by atoms with van der Waals surface area (Å²) in [6, 6.07) is 5.66. The van der Waals surface area contributed by atoms with E-state index >= 15 is 0 Å². The molecule has 1 aromatic carbocycles. The van der Waals surface area contributed by atoms with Crippen LogP contribution < -0.4 is 0 Å². The molecule has 0 saturated carbocycles. The van der Waals surface area contributed by atoms with Gasteiger partial charge in [0.15, 0.2) is 0 Å². The molecule has 0 aliphatic carbocycles. The fraction of sp³-hybridized carbons (Fsp3) is 0.231. The fourth-order valence-electron chi connectivity index (χ4n) is 1.71. The Bertz CT molecular complexity index is 570. The molecule has 0 fully saturated rings. The second-order valence-corrected chi connectivity index (χ2v) is 3.88. The SMILES string of the molecule is CCCc1nc2ccc(/C=C/C(=O)O)cc2[nH]1. The Balaban J connectivity index is 2.33. The topological polar surface area (TPSA) is 66.0 Å². The van der Waals surface area contributed by atoms with Gasteiger partial charge in [0.05, 0.1) is 11.0 Å². The van der Waals surface area contributed by atoms with Gasteiger partial charge in [0.2, 0.25) is 0 Å². The molecule has 4 nitrogen and oxygen atoms in total. The number of rotatable bonds is 4. The highest BCUT2D eigenvalue weighted by Gasteiger charge is 2.02. The number of carbonyl (C=O) groups is 1. The number of H-pyrrole nitrogens is 1. The van der Waals surface area contributed by atoms with Crippen LogP contribution >= 0.6 is 0 Å². The largest absolute Gasteiger partial charge is 0.478 e. The second-order valence-electron chi connectivity index (χ2n) is 3.88. The molecule has 0 unspecified atom stereocenters. The predicted octanol–water partition coefficient (Wildman–Crippen LogP) is 2.61. The summed E-state index contributed by atoms with van der Waals surface area (Å²) in [7, 11) is 0. The number of aromatic nitrogens is 2. The van der Waals surface area contributed by atoms with E-state index in [0.717, 1.165) is 41.3 Å². The lowest BCUT2D eigenvalue weighted by molar-refractivity contribution is -0.131. The third-order valence-corrected chi connectivity index (χ3v) is 2.46. The minimum absolute atomic E-state index is 0.853. The minimum Gasteiger partial charge on any atom is -0.478 e. The number of fused-ring (bicyclic) bond motifs is 1. The Labute approximate surface area is 99.0 Å². The number of aryl methyl sites for hydroxylation is 1. The van der Waals surface area contributed by atoms with E-state index in [1.54, 1.807) is 6.08 Å². The number of nitrogens with zero attached hydrogens (tertiary/aromatic N) is 1. The van der Waals surface area contributed by atoms with Crippen LogP contribution in [0.1, 0.15) is 24.7 Å². The summed E-state index contributed by atoms with van der Waals surface area (Å²) in [5.41, 5.74) is 2.72. The Morgan fingerprint density at radius 1 is 1.53 bits per heavy atom. The molecule has 0 aliphatic rings. The van der Waals surface area contributed by atoms with Gasteiger partial charge in [-0.2, -0.15) is 0 Å². The zero-order chi connectivity index (χ0) is 12.3. The van der Waals surface area contributed by atoms with Crippen molar-refractivity contribution in [2.75, 3.05) is 0 Å². The van der Waals surface area contributed by atoms with Crippen LogP contribution in [0.15, 0.2) is 24.3 Å². The van der Waals surface area contributed by atoms with Gasteiger partial charge in [0, 0.05) is 12.5 Å². The van der Waals surface area contributed by atoms with Crippen molar-refractivity contribution in [1.29, 1.82) is 0 Å². The number of nitrogens with one attached hydrogen (secondary N) is 1. The van der Waals surface area contributed by atoms with Gasteiger partial charge >= 0.3 is 5.97 Å².